The number of fused-ring (bicyclic) bond motifs is 1. The van der Waals surface area contributed by atoms with Gasteiger partial charge in [0.1, 0.15) is 17.3 Å². The Morgan fingerprint density at radius 2 is 1.77 bits per heavy atom. The number of ether oxygens (including phenoxy) is 3. The van der Waals surface area contributed by atoms with E-state index < -0.39 is 23.1 Å². The number of carbonyl (C=O) groups is 1. The minimum atomic E-state index is -0.809. The third-order valence-electron chi connectivity index (χ3n) is 4.91. The molecule has 0 radical (unpaired) electrons. The molecule has 0 amide bonds. The standard InChI is InChI=1S/C22H27N3O6/c1-5-9-30-13-7-8-14(15(11-13)31-10-6-2)17-16(21(27)29-4)12(3)23-19-18(17)20(26)25-22(28)24-19/h7-8,11,17H,5-6,9-10H2,1-4H3,(H3,23,24,25,26,28)/t17-/m1/s1. The molecule has 2 aromatic rings. The van der Waals surface area contributed by atoms with Crippen LogP contribution < -0.4 is 26.0 Å². The van der Waals surface area contributed by atoms with Crippen LogP contribution >= 0.6 is 0 Å². The van der Waals surface area contributed by atoms with Crippen molar-refractivity contribution in [3.63, 3.8) is 0 Å². The van der Waals surface area contributed by atoms with Crippen LogP contribution in [-0.4, -0.2) is 36.3 Å². The lowest BCUT2D eigenvalue weighted by Gasteiger charge is -2.29. The van der Waals surface area contributed by atoms with Crippen molar-refractivity contribution in [1.29, 1.82) is 0 Å². The fourth-order valence-corrected chi connectivity index (χ4v) is 3.58. The number of aromatic amines is 2. The predicted octanol–water partition coefficient (Wildman–Crippen LogP) is 2.65. The van der Waals surface area contributed by atoms with Gasteiger partial charge in [0.15, 0.2) is 0 Å². The number of carbonyl (C=O) groups excluding carboxylic acids is 1. The lowest BCUT2D eigenvalue weighted by Crippen LogP contribution is -2.35. The Morgan fingerprint density at radius 3 is 2.45 bits per heavy atom. The van der Waals surface area contributed by atoms with Crippen molar-refractivity contribution in [2.75, 3.05) is 25.6 Å². The molecule has 0 unspecified atom stereocenters. The molecule has 1 aromatic carbocycles. The summed E-state index contributed by atoms with van der Waals surface area (Å²) in [5.41, 5.74) is 0.286. The molecule has 1 atom stereocenters. The highest BCUT2D eigenvalue weighted by atomic mass is 16.5. The number of H-pyrrole nitrogens is 2. The van der Waals surface area contributed by atoms with Crippen LogP contribution in [0.1, 0.15) is 50.7 Å². The molecule has 1 aliphatic rings. The molecular formula is C22H27N3O6. The zero-order valence-electron chi connectivity index (χ0n) is 18.1. The van der Waals surface area contributed by atoms with Crippen molar-refractivity contribution in [2.45, 2.75) is 39.5 Å². The molecule has 2 heterocycles. The molecule has 9 nitrogen and oxygen atoms in total. The number of hydrogen-bond acceptors (Lipinski definition) is 7. The molecular weight excluding hydrogens is 402 g/mol. The van der Waals surface area contributed by atoms with Crippen LogP contribution in [0.25, 0.3) is 0 Å². The SMILES string of the molecule is CCCOc1ccc([C@@H]2C(C(=O)OC)=C(C)Nc3[nH]c(=O)[nH]c(=O)c32)c(OCCC)c1. The summed E-state index contributed by atoms with van der Waals surface area (Å²) in [5.74, 6) is -0.0401. The lowest BCUT2D eigenvalue weighted by atomic mass is 9.82. The number of methoxy groups -OCH3 is 1. The van der Waals surface area contributed by atoms with Crippen molar-refractivity contribution in [3.8, 4) is 11.5 Å². The van der Waals surface area contributed by atoms with E-state index in [1.165, 1.54) is 7.11 Å². The maximum absolute atomic E-state index is 12.8. The van der Waals surface area contributed by atoms with E-state index in [2.05, 4.69) is 15.3 Å². The molecule has 0 aliphatic carbocycles. The number of rotatable bonds is 8. The van der Waals surface area contributed by atoms with Crippen LogP contribution in [0.4, 0.5) is 5.82 Å². The van der Waals surface area contributed by atoms with Crippen LogP contribution in [-0.2, 0) is 9.53 Å². The Bertz CT molecular complexity index is 1110. The maximum atomic E-state index is 12.8. The van der Waals surface area contributed by atoms with Crippen molar-refractivity contribution in [3.05, 3.63) is 61.4 Å². The summed E-state index contributed by atoms with van der Waals surface area (Å²) in [7, 11) is 1.28. The first-order valence-corrected chi connectivity index (χ1v) is 10.2. The van der Waals surface area contributed by atoms with Gasteiger partial charge in [-0.2, -0.15) is 0 Å². The summed E-state index contributed by atoms with van der Waals surface area (Å²) in [4.78, 5) is 42.2. The van der Waals surface area contributed by atoms with Gasteiger partial charge in [0, 0.05) is 17.3 Å². The zero-order chi connectivity index (χ0) is 22.5. The zero-order valence-corrected chi connectivity index (χ0v) is 18.1. The normalized spacial score (nSPS) is 15.2. The molecule has 0 spiro atoms. The van der Waals surface area contributed by atoms with E-state index in [4.69, 9.17) is 14.2 Å². The number of nitrogens with one attached hydrogen (secondary N) is 3. The average molecular weight is 429 g/mol. The molecule has 3 N–H and O–H groups in total. The second-order valence-electron chi connectivity index (χ2n) is 7.18. The van der Waals surface area contributed by atoms with Gasteiger partial charge in [0.05, 0.1) is 37.4 Å². The number of allylic oxidation sites excluding steroid dienone is 1. The van der Waals surface area contributed by atoms with Gasteiger partial charge < -0.3 is 19.5 Å². The van der Waals surface area contributed by atoms with E-state index in [0.717, 1.165) is 12.8 Å². The molecule has 31 heavy (non-hydrogen) atoms. The molecule has 0 bridgehead atoms. The summed E-state index contributed by atoms with van der Waals surface area (Å²) < 4.78 is 16.7. The second kappa shape index (κ2) is 9.55. The highest BCUT2D eigenvalue weighted by molar-refractivity contribution is 5.94. The van der Waals surface area contributed by atoms with E-state index in [1.54, 1.807) is 25.1 Å². The third kappa shape index (κ3) is 4.50. The Morgan fingerprint density at radius 1 is 1.06 bits per heavy atom. The molecule has 9 heteroatoms. The van der Waals surface area contributed by atoms with Gasteiger partial charge in [-0.15, -0.1) is 0 Å². The topological polar surface area (TPSA) is 123 Å². The summed E-state index contributed by atoms with van der Waals surface area (Å²) >= 11 is 0. The first-order chi connectivity index (χ1) is 14.9. The molecule has 1 aliphatic heterocycles. The number of anilines is 1. The number of aromatic nitrogens is 2. The van der Waals surface area contributed by atoms with E-state index in [9.17, 15) is 14.4 Å². The van der Waals surface area contributed by atoms with Crippen molar-refractivity contribution < 1.29 is 19.0 Å². The molecule has 0 saturated heterocycles. The molecule has 166 valence electrons. The van der Waals surface area contributed by atoms with Gasteiger partial charge >= 0.3 is 11.7 Å². The molecule has 0 fully saturated rings. The summed E-state index contributed by atoms with van der Waals surface area (Å²) in [6, 6.07) is 5.30. The fraction of sp³-hybridized carbons (Fsp3) is 0.409. The molecule has 3 rings (SSSR count). The van der Waals surface area contributed by atoms with Gasteiger partial charge in [0.2, 0.25) is 0 Å². The van der Waals surface area contributed by atoms with Crippen molar-refractivity contribution in [1.82, 2.24) is 9.97 Å². The van der Waals surface area contributed by atoms with Crippen LogP contribution in [0.15, 0.2) is 39.1 Å². The highest BCUT2D eigenvalue weighted by Gasteiger charge is 2.37. The van der Waals surface area contributed by atoms with Gasteiger partial charge in [-0.05, 0) is 25.8 Å². The monoisotopic (exact) mass is 429 g/mol. The number of benzene rings is 1. The van der Waals surface area contributed by atoms with Gasteiger partial charge in [0.25, 0.3) is 5.56 Å². The third-order valence-corrected chi connectivity index (χ3v) is 4.91. The lowest BCUT2D eigenvalue weighted by molar-refractivity contribution is -0.136. The second-order valence-corrected chi connectivity index (χ2v) is 7.18. The van der Waals surface area contributed by atoms with Crippen molar-refractivity contribution >= 4 is 11.8 Å². The smallest absolute Gasteiger partial charge is 0.336 e. The fourth-order valence-electron chi connectivity index (χ4n) is 3.58. The average Bonchev–Trinajstić information content (AvgIpc) is 2.74. The van der Waals surface area contributed by atoms with Crippen LogP contribution in [0, 0.1) is 0 Å². The predicted molar refractivity (Wildman–Crippen MR) is 116 cm³/mol. The molecule has 0 saturated carbocycles. The van der Waals surface area contributed by atoms with E-state index >= 15 is 0 Å². The number of esters is 1. The van der Waals surface area contributed by atoms with Crippen LogP contribution in [0.5, 0.6) is 11.5 Å². The summed E-state index contributed by atoms with van der Waals surface area (Å²) in [6.45, 7) is 6.68. The first-order valence-electron chi connectivity index (χ1n) is 10.2. The Kier molecular flexibility index (Phi) is 6.84. The van der Waals surface area contributed by atoms with Gasteiger partial charge in [-0.3, -0.25) is 14.8 Å². The van der Waals surface area contributed by atoms with Crippen LogP contribution in [0.2, 0.25) is 0 Å². The van der Waals surface area contributed by atoms with E-state index in [-0.39, 0.29) is 17.0 Å². The van der Waals surface area contributed by atoms with Crippen LogP contribution in [0.3, 0.4) is 0 Å². The van der Waals surface area contributed by atoms with Gasteiger partial charge in [-0.1, -0.05) is 19.9 Å². The minimum absolute atomic E-state index is 0.203. The largest absolute Gasteiger partial charge is 0.493 e. The van der Waals surface area contributed by atoms with Crippen molar-refractivity contribution in [2.24, 2.45) is 0 Å². The summed E-state index contributed by atoms with van der Waals surface area (Å²) in [5, 5.41) is 2.95. The highest BCUT2D eigenvalue weighted by Crippen LogP contribution is 2.43. The minimum Gasteiger partial charge on any atom is -0.493 e. The Hall–Kier alpha value is -3.49. The maximum Gasteiger partial charge on any atom is 0.336 e. The molecule has 1 aromatic heterocycles. The van der Waals surface area contributed by atoms with E-state index in [0.29, 0.717) is 36.0 Å². The number of hydrogen-bond donors (Lipinski definition) is 3. The van der Waals surface area contributed by atoms with E-state index in [1.807, 2.05) is 13.8 Å². The van der Waals surface area contributed by atoms with Gasteiger partial charge in [-0.25, -0.2) is 9.59 Å². The Labute approximate surface area is 179 Å². The summed E-state index contributed by atoms with van der Waals surface area (Å²) in [6.07, 6.45) is 1.63. The Balaban J connectivity index is 2.25. The quantitative estimate of drug-likeness (QED) is 0.551. The first kappa shape index (κ1) is 22.2.